The van der Waals surface area contributed by atoms with E-state index in [9.17, 15) is 5.11 Å². The molecular weight excluding hydrogens is 312 g/mol. The number of hydrogen-bond acceptors (Lipinski definition) is 4. The van der Waals surface area contributed by atoms with Crippen molar-refractivity contribution < 1.29 is 9.84 Å². The number of piperidine rings is 3. The van der Waals surface area contributed by atoms with Crippen molar-refractivity contribution in [2.24, 2.45) is 17.8 Å². The normalized spacial score (nSPS) is 30.0. The molecule has 3 aliphatic rings. The molecule has 3 saturated heterocycles. The Bertz CT molecular complexity index is 761. The van der Waals surface area contributed by atoms with Gasteiger partial charge in [-0.25, -0.2) is 0 Å². The number of fused-ring (bicyclic) bond motifs is 4. The van der Waals surface area contributed by atoms with E-state index < -0.39 is 6.10 Å². The molecule has 0 amide bonds. The number of aliphatic hydroxyl groups excluding tert-OH is 1. The second-order valence-corrected chi connectivity index (χ2v) is 7.98. The number of hydrogen-bond donors (Lipinski definition) is 1. The summed E-state index contributed by atoms with van der Waals surface area (Å²) in [4.78, 5) is 6.96. The van der Waals surface area contributed by atoms with Gasteiger partial charge in [-0.15, -0.1) is 0 Å². The minimum absolute atomic E-state index is 0.213. The molecule has 0 spiro atoms. The molecule has 1 aromatic heterocycles. The van der Waals surface area contributed by atoms with Crippen molar-refractivity contribution in [2.45, 2.75) is 38.8 Å². The number of pyridine rings is 1. The van der Waals surface area contributed by atoms with Gasteiger partial charge in [-0.3, -0.25) is 9.88 Å². The Morgan fingerprint density at radius 1 is 1.28 bits per heavy atom. The van der Waals surface area contributed by atoms with Gasteiger partial charge in [0, 0.05) is 24.2 Å². The monoisotopic (exact) mass is 340 g/mol. The van der Waals surface area contributed by atoms with E-state index in [-0.39, 0.29) is 6.04 Å². The van der Waals surface area contributed by atoms with Gasteiger partial charge in [0.25, 0.3) is 0 Å². The summed E-state index contributed by atoms with van der Waals surface area (Å²) in [6.45, 7) is 6.90. The molecule has 0 saturated carbocycles. The smallest absolute Gasteiger partial charge is 0.119 e. The van der Waals surface area contributed by atoms with Crippen LogP contribution in [0.4, 0.5) is 0 Å². The van der Waals surface area contributed by atoms with Crippen LogP contribution in [0.15, 0.2) is 30.5 Å². The maximum Gasteiger partial charge on any atom is 0.119 e. The predicted molar refractivity (Wildman–Crippen MR) is 99.7 cm³/mol. The van der Waals surface area contributed by atoms with Gasteiger partial charge in [-0.2, -0.15) is 0 Å². The molecule has 0 radical (unpaired) electrons. The van der Waals surface area contributed by atoms with Gasteiger partial charge in [-0.1, -0.05) is 13.8 Å². The summed E-state index contributed by atoms with van der Waals surface area (Å²) in [5, 5.41) is 12.2. The molecule has 5 atom stereocenters. The predicted octanol–water partition coefficient (Wildman–Crippen LogP) is 3.64. The van der Waals surface area contributed by atoms with Gasteiger partial charge in [0.15, 0.2) is 0 Å². The molecule has 4 nitrogen and oxygen atoms in total. The van der Waals surface area contributed by atoms with E-state index in [1.54, 1.807) is 13.3 Å². The number of aliphatic hydroxyl groups is 1. The average molecular weight is 340 g/mol. The van der Waals surface area contributed by atoms with E-state index in [1.165, 1.54) is 6.42 Å². The fraction of sp³-hybridized carbons (Fsp3) is 0.571. The van der Waals surface area contributed by atoms with E-state index in [1.807, 2.05) is 24.3 Å². The summed E-state index contributed by atoms with van der Waals surface area (Å²) in [6, 6.07) is 8.06. The van der Waals surface area contributed by atoms with Crippen LogP contribution in [0.1, 0.15) is 38.4 Å². The molecule has 2 aromatic rings. The molecule has 4 heteroatoms. The van der Waals surface area contributed by atoms with Gasteiger partial charge < -0.3 is 9.84 Å². The molecule has 1 aromatic carbocycles. The number of nitrogens with zero attached hydrogens (tertiary/aromatic N) is 2. The highest BCUT2D eigenvalue weighted by Gasteiger charge is 2.44. The molecule has 1 unspecified atom stereocenters. The third kappa shape index (κ3) is 2.91. The molecule has 2 bridgehead atoms. The molecule has 5 rings (SSSR count). The number of ether oxygens (including phenoxy) is 1. The zero-order valence-corrected chi connectivity index (χ0v) is 15.4. The lowest BCUT2D eigenvalue weighted by Gasteiger charge is -2.52. The SMILES string of the molecule is COc1ccc2nccc([C@@H](O)[C@@H]3C[C@@H]4CCN3C[C@H]4C(C)C)c2c1. The molecule has 25 heavy (non-hydrogen) atoms. The average Bonchev–Trinajstić information content (AvgIpc) is 2.66. The van der Waals surface area contributed by atoms with Crippen molar-refractivity contribution >= 4 is 10.9 Å². The molecule has 0 aliphatic carbocycles. The van der Waals surface area contributed by atoms with E-state index in [0.717, 1.165) is 59.5 Å². The second-order valence-electron chi connectivity index (χ2n) is 7.98. The maximum atomic E-state index is 11.2. The van der Waals surface area contributed by atoms with Gasteiger partial charge >= 0.3 is 0 Å². The molecule has 134 valence electrons. The highest BCUT2D eigenvalue weighted by molar-refractivity contribution is 5.83. The summed E-state index contributed by atoms with van der Waals surface area (Å²) < 4.78 is 5.37. The van der Waals surface area contributed by atoms with Crippen molar-refractivity contribution in [3.05, 3.63) is 36.0 Å². The minimum Gasteiger partial charge on any atom is -0.497 e. The van der Waals surface area contributed by atoms with Crippen LogP contribution in [0, 0.1) is 17.8 Å². The molecule has 1 N–H and O–H groups in total. The van der Waals surface area contributed by atoms with Gasteiger partial charge in [0.05, 0.1) is 18.7 Å². The number of benzene rings is 1. The van der Waals surface area contributed by atoms with Crippen molar-refractivity contribution in [3.8, 4) is 5.75 Å². The van der Waals surface area contributed by atoms with Crippen LogP contribution in [-0.4, -0.2) is 41.2 Å². The van der Waals surface area contributed by atoms with E-state index >= 15 is 0 Å². The number of methoxy groups -OCH3 is 1. The van der Waals surface area contributed by atoms with Crippen LogP contribution < -0.4 is 4.74 Å². The van der Waals surface area contributed by atoms with Crippen molar-refractivity contribution in [2.75, 3.05) is 20.2 Å². The topological polar surface area (TPSA) is 45.6 Å². The Morgan fingerprint density at radius 2 is 2.12 bits per heavy atom. The first-order valence-electron chi connectivity index (χ1n) is 9.43. The molecule has 3 aliphatic heterocycles. The largest absolute Gasteiger partial charge is 0.497 e. The Hall–Kier alpha value is -1.65. The summed E-state index contributed by atoms with van der Waals surface area (Å²) in [5.41, 5.74) is 1.89. The van der Waals surface area contributed by atoms with Crippen LogP contribution in [-0.2, 0) is 0 Å². The van der Waals surface area contributed by atoms with E-state index in [4.69, 9.17) is 4.74 Å². The van der Waals surface area contributed by atoms with Gasteiger partial charge in [0.2, 0.25) is 0 Å². The zero-order valence-electron chi connectivity index (χ0n) is 15.4. The lowest BCUT2D eigenvalue weighted by Crippen LogP contribution is -2.56. The first kappa shape index (κ1) is 16.8. The first-order valence-corrected chi connectivity index (χ1v) is 9.43. The van der Waals surface area contributed by atoms with Crippen LogP contribution in [0.2, 0.25) is 0 Å². The van der Waals surface area contributed by atoms with Gasteiger partial charge in [-0.05, 0) is 67.0 Å². The quantitative estimate of drug-likeness (QED) is 0.923. The van der Waals surface area contributed by atoms with Crippen LogP contribution in [0.3, 0.4) is 0 Å². The summed E-state index contributed by atoms with van der Waals surface area (Å²) in [5.74, 6) is 3.04. The minimum atomic E-state index is -0.478. The van der Waals surface area contributed by atoms with E-state index in [2.05, 4.69) is 23.7 Å². The Morgan fingerprint density at radius 3 is 2.80 bits per heavy atom. The molecule has 3 fully saturated rings. The standard InChI is InChI=1S/C21H28N2O2/c1-13(2)18-12-23-9-7-14(18)10-20(23)21(24)16-6-8-22-19-5-4-15(25-3)11-17(16)19/h4-6,8,11,13-14,18,20-21,24H,7,9-10,12H2,1-3H3/t14-,18-,20-,21+/m0/s1. The summed E-state index contributed by atoms with van der Waals surface area (Å²) >= 11 is 0. The third-order valence-electron chi connectivity index (χ3n) is 6.37. The molecule has 4 heterocycles. The van der Waals surface area contributed by atoms with Crippen LogP contribution in [0.25, 0.3) is 10.9 Å². The fourth-order valence-electron chi connectivity index (χ4n) is 4.93. The zero-order chi connectivity index (χ0) is 17.6. The molecular formula is C21H28N2O2. The summed E-state index contributed by atoms with van der Waals surface area (Å²) in [6.07, 6.45) is 3.70. The van der Waals surface area contributed by atoms with Crippen molar-refractivity contribution in [3.63, 3.8) is 0 Å². The number of rotatable bonds is 4. The Balaban J connectivity index is 1.66. The maximum absolute atomic E-state index is 11.2. The van der Waals surface area contributed by atoms with Gasteiger partial charge in [0.1, 0.15) is 5.75 Å². The second kappa shape index (κ2) is 6.58. The van der Waals surface area contributed by atoms with E-state index in [0.29, 0.717) is 0 Å². The van der Waals surface area contributed by atoms with Crippen LogP contribution in [0.5, 0.6) is 5.75 Å². The number of aromatic nitrogens is 1. The Labute approximate surface area is 149 Å². The van der Waals surface area contributed by atoms with Crippen molar-refractivity contribution in [1.82, 2.24) is 9.88 Å². The third-order valence-corrected chi connectivity index (χ3v) is 6.37. The fourth-order valence-corrected chi connectivity index (χ4v) is 4.93. The Kier molecular flexibility index (Phi) is 4.42. The highest BCUT2D eigenvalue weighted by Crippen LogP contribution is 2.44. The lowest BCUT2D eigenvalue weighted by molar-refractivity contribution is -0.0664. The highest BCUT2D eigenvalue weighted by atomic mass is 16.5. The summed E-state index contributed by atoms with van der Waals surface area (Å²) in [7, 11) is 1.67. The lowest BCUT2D eigenvalue weighted by atomic mass is 9.69. The first-order chi connectivity index (χ1) is 12.1. The van der Waals surface area contributed by atoms with Crippen LogP contribution >= 0.6 is 0 Å². The van der Waals surface area contributed by atoms with Crippen molar-refractivity contribution in [1.29, 1.82) is 0 Å².